The number of likely N-dealkylation sites (tertiary alicyclic amines) is 2. The number of carbonyl (C=O) groups is 3. The molecular weight excluding hydrogens is 514 g/mol. The second-order valence-electron chi connectivity index (χ2n) is 8.75. The number of amides is 2. The van der Waals surface area contributed by atoms with Gasteiger partial charge in [0.15, 0.2) is 0 Å². The largest absolute Gasteiger partial charge is 0.466 e. The van der Waals surface area contributed by atoms with Gasteiger partial charge in [-0.15, -0.1) is 11.3 Å². The minimum atomic E-state index is -3.93. The van der Waals surface area contributed by atoms with Crippen LogP contribution in [0.2, 0.25) is 5.02 Å². The van der Waals surface area contributed by atoms with Crippen molar-refractivity contribution in [3.8, 4) is 0 Å². The Morgan fingerprint density at radius 2 is 1.97 bits per heavy atom. The van der Waals surface area contributed by atoms with Gasteiger partial charge in [0, 0.05) is 29.4 Å². The van der Waals surface area contributed by atoms with Crippen molar-refractivity contribution in [1.82, 2.24) is 14.5 Å². The van der Waals surface area contributed by atoms with E-state index >= 15 is 0 Å². The summed E-state index contributed by atoms with van der Waals surface area (Å²) in [5.74, 6) is -1.34. The Kier molecular flexibility index (Phi) is 7.99. The predicted octanol–water partition coefficient (Wildman–Crippen LogP) is 2.63. The molecular formula is C23H28ClN3O6S2. The van der Waals surface area contributed by atoms with E-state index in [0.29, 0.717) is 43.8 Å². The monoisotopic (exact) mass is 541 g/mol. The van der Waals surface area contributed by atoms with Gasteiger partial charge in [-0.3, -0.25) is 14.4 Å². The molecule has 0 spiro atoms. The molecule has 35 heavy (non-hydrogen) atoms. The number of nitrogens with zero attached hydrogens (tertiary/aromatic N) is 2. The number of sulfonamides is 1. The van der Waals surface area contributed by atoms with E-state index in [1.807, 2.05) is 0 Å². The van der Waals surface area contributed by atoms with Crippen molar-refractivity contribution in [2.24, 2.45) is 5.92 Å². The lowest BCUT2D eigenvalue weighted by atomic mass is 9.98. The van der Waals surface area contributed by atoms with Gasteiger partial charge in [-0.05, 0) is 56.2 Å². The normalized spacial score (nSPS) is 21.4. The highest BCUT2D eigenvalue weighted by atomic mass is 35.5. The smallest absolute Gasteiger partial charge is 0.310 e. The van der Waals surface area contributed by atoms with Crippen LogP contribution in [0.4, 0.5) is 0 Å². The van der Waals surface area contributed by atoms with Crippen molar-refractivity contribution in [2.75, 3.05) is 32.8 Å². The van der Waals surface area contributed by atoms with Crippen LogP contribution in [-0.4, -0.2) is 74.8 Å². The van der Waals surface area contributed by atoms with Gasteiger partial charge in [-0.1, -0.05) is 17.7 Å². The fraction of sp³-hybridized carbons (Fsp3) is 0.522. The summed E-state index contributed by atoms with van der Waals surface area (Å²) in [6, 6.07) is 5.76. The number of benzene rings is 1. The van der Waals surface area contributed by atoms with Crippen LogP contribution in [0.15, 0.2) is 28.5 Å². The zero-order valence-electron chi connectivity index (χ0n) is 19.4. The Morgan fingerprint density at radius 3 is 2.74 bits per heavy atom. The number of carbonyl (C=O) groups excluding carboxylic acids is 3. The van der Waals surface area contributed by atoms with Crippen LogP contribution in [0, 0.1) is 5.92 Å². The molecule has 4 rings (SSSR count). The van der Waals surface area contributed by atoms with Gasteiger partial charge < -0.3 is 14.5 Å². The minimum absolute atomic E-state index is 0.106. The second-order valence-corrected chi connectivity index (χ2v) is 12.2. The number of thiophene rings is 1. The van der Waals surface area contributed by atoms with Crippen molar-refractivity contribution in [1.29, 1.82) is 0 Å². The van der Waals surface area contributed by atoms with E-state index in [1.165, 1.54) is 4.90 Å². The maximum atomic E-state index is 13.1. The first-order chi connectivity index (χ1) is 16.7. The van der Waals surface area contributed by atoms with Crippen LogP contribution in [0.25, 0.3) is 10.1 Å². The molecule has 2 amide bonds. The van der Waals surface area contributed by atoms with E-state index in [4.69, 9.17) is 16.3 Å². The van der Waals surface area contributed by atoms with Crippen molar-refractivity contribution in [2.45, 2.75) is 42.9 Å². The standard InChI is InChI=1S/C23H28ClN3O6S2/c1-2-33-23(30)16-5-3-9-26(13-16)20(28)14-27-10-4-6-18(22(27)29)25-35(31,32)21-11-15-7-8-17(24)12-19(15)34-21/h7-8,11-12,16,18,25H,2-6,9-10,13-14H2,1H3. The molecule has 0 bridgehead atoms. The zero-order chi connectivity index (χ0) is 25.2. The summed E-state index contributed by atoms with van der Waals surface area (Å²) < 4.78 is 34.5. The van der Waals surface area contributed by atoms with Gasteiger partial charge >= 0.3 is 5.97 Å². The molecule has 1 N–H and O–H groups in total. The summed E-state index contributed by atoms with van der Waals surface area (Å²) in [5.41, 5.74) is 0. The van der Waals surface area contributed by atoms with Gasteiger partial charge in [0.2, 0.25) is 11.8 Å². The van der Waals surface area contributed by atoms with Crippen LogP contribution >= 0.6 is 22.9 Å². The SMILES string of the molecule is CCOC(=O)C1CCCN(C(=O)CN2CCCC(NS(=O)(=O)c3cc4ccc(Cl)cc4s3)C2=O)C1. The van der Waals surface area contributed by atoms with E-state index in [-0.39, 0.29) is 41.7 Å². The number of hydrogen-bond donors (Lipinski definition) is 1. The third kappa shape index (κ3) is 5.96. The van der Waals surface area contributed by atoms with Crippen LogP contribution in [0.1, 0.15) is 32.6 Å². The highest BCUT2D eigenvalue weighted by molar-refractivity contribution is 7.91. The molecule has 0 radical (unpaired) electrons. The van der Waals surface area contributed by atoms with Crippen LogP contribution in [-0.2, 0) is 29.1 Å². The maximum absolute atomic E-state index is 13.1. The fourth-order valence-corrected chi connectivity index (χ4v) is 7.40. The molecule has 2 atom stereocenters. The van der Waals surface area contributed by atoms with Crippen LogP contribution in [0.3, 0.4) is 0 Å². The molecule has 0 saturated carbocycles. The summed E-state index contributed by atoms with van der Waals surface area (Å²) in [5, 5.41) is 1.27. The maximum Gasteiger partial charge on any atom is 0.310 e. The van der Waals surface area contributed by atoms with E-state index in [1.54, 1.807) is 36.1 Å². The molecule has 190 valence electrons. The molecule has 0 aliphatic carbocycles. The van der Waals surface area contributed by atoms with E-state index in [0.717, 1.165) is 21.4 Å². The average molecular weight is 542 g/mol. The van der Waals surface area contributed by atoms with Gasteiger partial charge in [-0.2, -0.15) is 4.72 Å². The van der Waals surface area contributed by atoms with Crippen molar-refractivity contribution in [3.05, 3.63) is 29.3 Å². The molecule has 9 nitrogen and oxygen atoms in total. The predicted molar refractivity (Wildman–Crippen MR) is 133 cm³/mol. The summed E-state index contributed by atoms with van der Waals surface area (Å²) >= 11 is 7.09. The lowest BCUT2D eigenvalue weighted by molar-refractivity contribution is -0.152. The van der Waals surface area contributed by atoms with Crippen molar-refractivity contribution in [3.63, 3.8) is 0 Å². The molecule has 3 heterocycles. The summed E-state index contributed by atoms with van der Waals surface area (Å²) in [6.45, 7) is 3.05. The number of hydrogen-bond acceptors (Lipinski definition) is 7. The number of rotatable bonds is 7. The molecule has 2 aliphatic rings. The Bertz CT molecular complexity index is 1230. The fourth-order valence-electron chi connectivity index (χ4n) is 4.48. The molecule has 12 heteroatoms. The summed E-state index contributed by atoms with van der Waals surface area (Å²) in [6.07, 6.45) is 2.28. The number of halogens is 1. The molecule has 2 aromatic rings. The summed E-state index contributed by atoms with van der Waals surface area (Å²) in [4.78, 5) is 41.0. The second kappa shape index (κ2) is 10.8. The molecule has 2 unspecified atom stereocenters. The Labute approximate surface area is 213 Å². The highest BCUT2D eigenvalue weighted by Crippen LogP contribution is 2.31. The molecule has 1 aromatic carbocycles. The Hall–Kier alpha value is -2.21. The first-order valence-corrected chi connectivity index (χ1v) is 14.3. The molecule has 2 aliphatic heterocycles. The van der Waals surface area contributed by atoms with Crippen LogP contribution in [0.5, 0.6) is 0 Å². The number of ether oxygens (including phenoxy) is 1. The van der Waals surface area contributed by atoms with Crippen LogP contribution < -0.4 is 4.72 Å². The highest BCUT2D eigenvalue weighted by Gasteiger charge is 2.36. The average Bonchev–Trinajstić information content (AvgIpc) is 3.26. The molecule has 2 fully saturated rings. The number of fused-ring (bicyclic) bond motifs is 1. The Balaban J connectivity index is 1.39. The Morgan fingerprint density at radius 1 is 1.20 bits per heavy atom. The van der Waals surface area contributed by atoms with E-state index in [9.17, 15) is 22.8 Å². The van der Waals surface area contributed by atoms with E-state index in [2.05, 4.69) is 4.72 Å². The third-order valence-corrected chi connectivity index (χ3v) is 9.55. The number of nitrogens with one attached hydrogen (secondary N) is 1. The topological polar surface area (TPSA) is 113 Å². The van der Waals surface area contributed by atoms with Crippen molar-refractivity contribution >= 4 is 60.8 Å². The molecule has 2 saturated heterocycles. The first kappa shape index (κ1) is 25.9. The van der Waals surface area contributed by atoms with Gasteiger partial charge in [0.25, 0.3) is 10.0 Å². The zero-order valence-corrected chi connectivity index (χ0v) is 21.8. The summed E-state index contributed by atoms with van der Waals surface area (Å²) in [7, 11) is -3.93. The lowest BCUT2D eigenvalue weighted by Gasteiger charge is -2.36. The van der Waals surface area contributed by atoms with E-state index < -0.39 is 22.0 Å². The molecule has 1 aromatic heterocycles. The lowest BCUT2D eigenvalue weighted by Crippen LogP contribution is -2.55. The van der Waals surface area contributed by atoms with Crippen molar-refractivity contribution < 1.29 is 27.5 Å². The third-order valence-electron chi connectivity index (χ3n) is 6.27. The van der Waals surface area contributed by atoms with Gasteiger partial charge in [-0.25, -0.2) is 8.42 Å². The van der Waals surface area contributed by atoms with Gasteiger partial charge in [0.05, 0.1) is 19.1 Å². The number of piperidine rings is 2. The number of esters is 1. The minimum Gasteiger partial charge on any atom is -0.466 e. The quantitative estimate of drug-likeness (QED) is 0.539. The first-order valence-electron chi connectivity index (χ1n) is 11.6. The van der Waals surface area contributed by atoms with Gasteiger partial charge in [0.1, 0.15) is 10.3 Å².